The Kier molecular flexibility index (Phi) is 7.73. The van der Waals surface area contributed by atoms with Crippen molar-refractivity contribution in [2.24, 2.45) is 0 Å². The van der Waals surface area contributed by atoms with Crippen molar-refractivity contribution in [1.82, 2.24) is 9.34 Å². The molecule has 0 aromatic carbocycles. The first-order valence-corrected chi connectivity index (χ1v) is 10.4. The second-order valence-corrected chi connectivity index (χ2v) is 10.0. The molecule has 5 heteroatoms. The summed E-state index contributed by atoms with van der Waals surface area (Å²) in [4.78, 5) is 12.6. The molecule has 1 saturated heterocycles. The Morgan fingerprint density at radius 2 is 1.67 bits per heavy atom. The third-order valence-electron chi connectivity index (χ3n) is 4.37. The minimum atomic E-state index is -0.717. The number of esters is 1. The molecule has 138 valence electrons. The van der Waals surface area contributed by atoms with E-state index >= 15 is 0 Å². The molecule has 0 aliphatic carbocycles. The van der Waals surface area contributed by atoms with Crippen LogP contribution in [0.25, 0.3) is 0 Å². The summed E-state index contributed by atoms with van der Waals surface area (Å²) in [6.07, 6.45) is 7.39. The Balaban J connectivity index is 2.98. The second kappa shape index (κ2) is 8.65. The summed E-state index contributed by atoms with van der Waals surface area (Å²) in [5.41, 5.74) is -0.598. The highest BCUT2D eigenvalue weighted by Gasteiger charge is 2.42. The standard InChI is InChI=1S/C19H35N2O2P/c1-10-11-19(8,9)23-18(22)13-24-20(14(2)3)16(6)12-17(7)21(24)15(4)5/h1,14-17H,11-13H2,2-9H3. The van der Waals surface area contributed by atoms with Crippen LogP contribution in [0.4, 0.5) is 0 Å². The van der Waals surface area contributed by atoms with Crippen molar-refractivity contribution in [2.75, 3.05) is 6.16 Å². The van der Waals surface area contributed by atoms with Crippen molar-refractivity contribution >= 4 is 14.2 Å². The lowest BCUT2D eigenvalue weighted by atomic mass is 10.1. The van der Waals surface area contributed by atoms with E-state index in [0.29, 0.717) is 36.8 Å². The summed E-state index contributed by atoms with van der Waals surface area (Å²) in [6, 6.07) is 1.78. The fourth-order valence-corrected chi connectivity index (χ4v) is 6.76. The summed E-state index contributed by atoms with van der Waals surface area (Å²) < 4.78 is 10.7. The maximum atomic E-state index is 12.6. The molecule has 1 aliphatic rings. The molecule has 0 radical (unpaired) electrons. The molecule has 0 aromatic rings. The highest BCUT2D eigenvalue weighted by Crippen LogP contribution is 2.54. The Morgan fingerprint density at radius 1 is 1.21 bits per heavy atom. The maximum Gasteiger partial charge on any atom is 0.313 e. The molecule has 1 rings (SSSR count). The topological polar surface area (TPSA) is 32.8 Å². The van der Waals surface area contributed by atoms with Gasteiger partial charge in [0, 0.05) is 30.6 Å². The van der Waals surface area contributed by atoms with Gasteiger partial charge in [-0.05, 0) is 61.8 Å². The summed E-state index contributed by atoms with van der Waals surface area (Å²) in [7, 11) is -0.717. The van der Waals surface area contributed by atoms with E-state index in [0.717, 1.165) is 6.42 Å². The third kappa shape index (κ3) is 5.45. The molecule has 0 amide bonds. The van der Waals surface area contributed by atoms with Crippen LogP contribution >= 0.6 is 8.22 Å². The minimum absolute atomic E-state index is 0.140. The van der Waals surface area contributed by atoms with E-state index in [1.165, 1.54) is 0 Å². The van der Waals surface area contributed by atoms with Crippen LogP contribution in [0.3, 0.4) is 0 Å². The van der Waals surface area contributed by atoms with Crippen molar-refractivity contribution in [3.8, 4) is 12.3 Å². The molecule has 1 heterocycles. The number of carbonyl (C=O) groups is 1. The van der Waals surface area contributed by atoms with Gasteiger partial charge in [0.25, 0.3) is 0 Å². The zero-order valence-electron chi connectivity index (χ0n) is 16.7. The third-order valence-corrected chi connectivity index (χ3v) is 7.68. The van der Waals surface area contributed by atoms with Crippen LogP contribution in [0, 0.1) is 12.3 Å². The lowest BCUT2D eigenvalue weighted by Crippen LogP contribution is -2.52. The number of terminal acetylenes is 1. The predicted octanol–water partition coefficient (Wildman–Crippen LogP) is 4.24. The fraction of sp³-hybridized carbons (Fsp3) is 0.842. The number of hydrogen-bond acceptors (Lipinski definition) is 4. The van der Waals surface area contributed by atoms with Gasteiger partial charge in [-0.15, -0.1) is 12.3 Å². The van der Waals surface area contributed by atoms with Gasteiger partial charge in [-0.1, -0.05) is 0 Å². The fourth-order valence-electron chi connectivity index (χ4n) is 3.74. The number of ether oxygens (including phenoxy) is 1. The lowest BCUT2D eigenvalue weighted by Gasteiger charge is -2.53. The summed E-state index contributed by atoms with van der Waals surface area (Å²) in [6.45, 7) is 17.2. The Labute approximate surface area is 150 Å². The number of carbonyl (C=O) groups excluding carboxylic acids is 1. The predicted molar refractivity (Wildman–Crippen MR) is 103 cm³/mol. The van der Waals surface area contributed by atoms with Crippen LogP contribution in [0.1, 0.15) is 68.2 Å². The van der Waals surface area contributed by atoms with Gasteiger partial charge in [0.1, 0.15) is 5.60 Å². The number of hydrogen-bond donors (Lipinski definition) is 0. The molecule has 2 atom stereocenters. The first-order valence-electron chi connectivity index (χ1n) is 8.99. The largest absolute Gasteiger partial charge is 0.458 e. The van der Waals surface area contributed by atoms with Gasteiger partial charge in [0.2, 0.25) is 0 Å². The van der Waals surface area contributed by atoms with E-state index in [1.807, 2.05) is 13.8 Å². The summed E-state index contributed by atoms with van der Waals surface area (Å²) in [5.74, 6) is 2.45. The molecule has 24 heavy (non-hydrogen) atoms. The molecular formula is C19H35N2O2P. The molecule has 0 saturated carbocycles. The molecule has 2 unspecified atom stereocenters. The van der Waals surface area contributed by atoms with Crippen molar-refractivity contribution in [3.63, 3.8) is 0 Å². The molecule has 0 N–H and O–H groups in total. The minimum Gasteiger partial charge on any atom is -0.458 e. The van der Waals surface area contributed by atoms with E-state index in [4.69, 9.17) is 11.2 Å². The molecule has 1 aliphatic heterocycles. The highest BCUT2D eigenvalue weighted by atomic mass is 31.1. The zero-order valence-corrected chi connectivity index (χ0v) is 17.6. The molecule has 0 bridgehead atoms. The average Bonchev–Trinajstić information content (AvgIpc) is 2.35. The van der Waals surface area contributed by atoms with E-state index in [9.17, 15) is 4.79 Å². The second-order valence-electron chi connectivity index (χ2n) is 8.03. The van der Waals surface area contributed by atoms with Crippen LogP contribution in [0.15, 0.2) is 0 Å². The quantitative estimate of drug-likeness (QED) is 0.406. The van der Waals surface area contributed by atoms with E-state index in [1.54, 1.807) is 0 Å². The monoisotopic (exact) mass is 354 g/mol. The number of rotatable bonds is 6. The maximum absolute atomic E-state index is 12.6. The summed E-state index contributed by atoms with van der Waals surface area (Å²) in [5, 5.41) is 0. The highest BCUT2D eigenvalue weighted by molar-refractivity contribution is 7.53. The number of nitrogens with zero attached hydrogens (tertiary/aromatic N) is 2. The Hall–Kier alpha value is -0.620. The molecule has 0 spiro atoms. The van der Waals surface area contributed by atoms with Gasteiger partial charge in [0.05, 0.1) is 14.4 Å². The first-order chi connectivity index (χ1) is 11.0. The molecule has 1 fully saturated rings. The van der Waals surface area contributed by atoms with Gasteiger partial charge in [-0.25, -0.2) is 0 Å². The molecule has 0 aromatic heterocycles. The summed E-state index contributed by atoms with van der Waals surface area (Å²) >= 11 is 0. The normalized spacial score (nSPS) is 26.6. The van der Waals surface area contributed by atoms with E-state index in [2.05, 4.69) is 56.8 Å². The van der Waals surface area contributed by atoms with Crippen LogP contribution < -0.4 is 0 Å². The smallest absolute Gasteiger partial charge is 0.313 e. The van der Waals surface area contributed by atoms with Gasteiger partial charge in [-0.3, -0.25) is 14.1 Å². The van der Waals surface area contributed by atoms with Gasteiger partial charge in [-0.2, -0.15) is 0 Å². The Morgan fingerprint density at radius 3 is 2.04 bits per heavy atom. The van der Waals surface area contributed by atoms with E-state index in [-0.39, 0.29) is 5.97 Å². The van der Waals surface area contributed by atoms with Crippen LogP contribution in [0.5, 0.6) is 0 Å². The van der Waals surface area contributed by atoms with E-state index < -0.39 is 13.8 Å². The first kappa shape index (κ1) is 21.4. The average molecular weight is 354 g/mol. The zero-order chi connectivity index (χ0) is 18.7. The van der Waals surface area contributed by atoms with Crippen LogP contribution in [-0.4, -0.2) is 51.2 Å². The van der Waals surface area contributed by atoms with Crippen molar-refractivity contribution in [1.29, 1.82) is 0 Å². The Bertz CT molecular complexity index is 450. The van der Waals surface area contributed by atoms with Crippen molar-refractivity contribution < 1.29 is 9.53 Å². The lowest BCUT2D eigenvalue weighted by molar-refractivity contribution is -0.152. The van der Waals surface area contributed by atoms with Crippen molar-refractivity contribution in [3.05, 3.63) is 0 Å². The van der Waals surface area contributed by atoms with Gasteiger partial charge < -0.3 is 4.74 Å². The SMILES string of the molecule is C#CCC(C)(C)OC(=O)CP1N(C(C)C)C(C)CC(C)N1C(C)C. The van der Waals surface area contributed by atoms with Gasteiger partial charge >= 0.3 is 5.97 Å². The molecular weight excluding hydrogens is 319 g/mol. The molecule has 4 nitrogen and oxygen atoms in total. The van der Waals surface area contributed by atoms with Gasteiger partial charge in [0.15, 0.2) is 0 Å². The van der Waals surface area contributed by atoms with Crippen LogP contribution in [0.2, 0.25) is 0 Å². The van der Waals surface area contributed by atoms with Crippen molar-refractivity contribution in [2.45, 2.75) is 98.0 Å². The van der Waals surface area contributed by atoms with Crippen LogP contribution in [-0.2, 0) is 9.53 Å².